The molecule has 0 unspecified atom stereocenters. The van der Waals surface area contributed by atoms with Crippen LogP contribution in [-0.4, -0.2) is 16.7 Å². The van der Waals surface area contributed by atoms with E-state index in [4.69, 9.17) is 23.2 Å². The van der Waals surface area contributed by atoms with Crippen LogP contribution in [0.25, 0.3) is 6.08 Å². The van der Waals surface area contributed by atoms with Gasteiger partial charge in [0.1, 0.15) is 0 Å². The average Bonchev–Trinajstić information content (AvgIpc) is 3.05. The number of hydrogen-bond donors (Lipinski definition) is 0. The highest BCUT2D eigenvalue weighted by Gasteiger charge is 2.64. The quantitative estimate of drug-likeness (QED) is 0.552. The molecule has 1 saturated heterocycles. The first-order valence-corrected chi connectivity index (χ1v) is 10.8. The molecule has 4 rings (SSSR count). The minimum Gasteiger partial charge on any atom is -0.357 e. The molecule has 31 heavy (non-hydrogen) atoms. The van der Waals surface area contributed by atoms with E-state index in [9.17, 15) is 15.3 Å². The van der Waals surface area contributed by atoms with Gasteiger partial charge in [-0.25, -0.2) is 0 Å². The first-order valence-electron chi connectivity index (χ1n) is 10.0. The number of fused-ring (bicyclic) bond motifs is 3. The van der Waals surface area contributed by atoms with E-state index < -0.39 is 28.8 Å². The Balaban J connectivity index is 2.03. The fraction of sp³-hybridized carbons (Fsp3) is 0.320. The number of hydrogen-bond acceptors (Lipinski definition) is 4. The second-order valence-corrected chi connectivity index (χ2v) is 9.91. The van der Waals surface area contributed by atoms with E-state index in [1.54, 1.807) is 18.2 Å². The van der Waals surface area contributed by atoms with Crippen LogP contribution >= 0.6 is 23.2 Å². The fourth-order valence-corrected chi connectivity index (χ4v) is 5.12. The summed E-state index contributed by atoms with van der Waals surface area (Å²) in [5.41, 5.74) is 0.289. The molecule has 6 heteroatoms. The molecule has 2 heterocycles. The lowest BCUT2D eigenvalue weighted by Gasteiger charge is -2.36. The maximum Gasteiger partial charge on any atom is 0.177 e. The molecular formula is C25H21Cl2N3O. The van der Waals surface area contributed by atoms with E-state index in [0.717, 1.165) is 11.1 Å². The number of benzene rings is 2. The van der Waals surface area contributed by atoms with Crippen molar-refractivity contribution in [3.8, 4) is 12.1 Å². The lowest BCUT2D eigenvalue weighted by molar-refractivity contribution is -0.130. The Morgan fingerprint density at radius 1 is 1.06 bits per heavy atom. The molecule has 1 fully saturated rings. The minimum atomic E-state index is -1.50. The van der Waals surface area contributed by atoms with E-state index in [1.165, 1.54) is 0 Å². The van der Waals surface area contributed by atoms with Gasteiger partial charge in [-0.1, -0.05) is 74.3 Å². The summed E-state index contributed by atoms with van der Waals surface area (Å²) >= 11 is 12.4. The van der Waals surface area contributed by atoms with Crippen LogP contribution in [0.2, 0.25) is 10.0 Å². The zero-order chi connectivity index (χ0) is 22.6. The number of carbonyl (C=O) groups excluding carboxylic acids is 1. The van der Waals surface area contributed by atoms with Crippen molar-refractivity contribution in [2.45, 2.75) is 38.8 Å². The van der Waals surface area contributed by atoms with Crippen LogP contribution < -0.4 is 0 Å². The lowest BCUT2D eigenvalue weighted by atomic mass is 9.66. The van der Waals surface area contributed by atoms with Gasteiger partial charge in [-0.15, -0.1) is 0 Å². The molecule has 4 nitrogen and oxygen atoms in total. The van der Waals surface area contributed by atoms with E-state index in [2.05, 4.69) is 12.1 Å². The minimum absolute atomic E-state index is 0.0371. The molecule has 156 valence electrons. The van der Waals surface area contributed by atoms with Gasteiger partial charge in [0, 0.05) is 17.5 Å². The standard InChI is InChI=1S/C25H21Cl2N3O/c1-24(2,3)23(31)21-20(16-8-9-18(26)19(27)12-16)25(13-28,14-29)22-17-7-5-4-6-15(17)10-11-30(21)22/h4-12,20-22H,1-3H3/t20-,21+,22-/m1/s1. The molecule has 0 spiro atoms. The van der Waals surface area contributed by atoms with Gasteiger partial charge in [0.2, 0.25) is 0 Å². The Morgan fingerprint density at radius 3 is 2.35 bits per heavy atom. The van der Waals surface area contributed by atoms with Crippen molar-refractivity contribution in [1.82, 2.24) is 4.90 Å². The average molecular weight is 450 g/mol. The Hall–Kier alpha value is -2.79. The van der Waals surface area contributed by atoms with Gasteiger partial charge in [0.05, 0.1) is 34.3 Å². The molecule has 2 aliphatic rings. The third kappa shape index (κ3) is 3.14. The van der Waals surface area contributed by atoms with Crippen LogP contribution in [0.1, 0.15) is 49.4 Å². The summed E-state index contributed by atoms with van der Waals surface area (Å²) in [5, 5.41) is 21.6. The zero-order valence-corrected chi connectivity index (χ0v) is 18.9. The largest absolute Gasteiger partial charge is 0.357 e. The molecular weight excluding hydrogens is 429 g/mol. The molecule has 2 aromatic rings. The van der Waals surface area contributed by atoms with Crippen LogP contribution in [0.15, 0.2) is 48.7 Å². The Labute approximate surface area is 192 Å². The maximum atomic E-state index is 13.7. The van der Waals surface area contributed by atoms with Gasteiger partial charge in [0.15, 0.2) is 11.2 Å². The van der Waals surface area contributed by atoms with E-state index >= 15 is 0 Å². The third-order valence-electron chi connectivity index (χ3n) is 6.25. The summed E-state index contributed by atoms with van der Waals surface area (Å²) in [6.45, 7) is 5.57. The normalized spacial score (nSPS) is 23.5. The second kappa shape index (κ2) is 7.41. The van der Waals surface area contributed by atoms with Gasteiger partial charge < -0.3 is 4.90 Å². The molecule has 0 bridgehead atoms. The van der Waals surface area contributed by atoms with Crippen LogP contribution in [0.3, 0.4) is 0 Å². The van der Waals surface area contributed by atoms with Gasteiger partial charge in [-0.2, -0.15) is 10.5 Å². The number of nitriles is 2. The van der Waals surface area contributed by atoms with E-state index in [0.29, 0.717) is 15.6 Å². The highest BCUT2D eigenvalue weighted by Crippen LogP contribution is 2.60. The predicted octanol–water partition coefficient (Wildman–Crippen LogP) is 6.14. The van der Waals surface area contributed by atoms with Crippen LogP contribution in [0.5, 0.6) is 0 Å². The smallest absolute Gasteiger partial charge is 0.177 e. The number of Topliss-reactive ketones (excluding diaryl/α,β-unsaturated/α-hetero) is 1. The Kier molecular flexibility index (Phi) is 5.13. The summed E-state index contributed by atoms with van der Waals surface area (Å²) in [6.07, 6.45) is 3.79. The van der Waals surface area contributed by atoms with Crippen molar-refractivity contribution in [3.63, 3.8) is 0 Å². The summed E-state index contributed by atoms with van der Waals surface area (Å²) in [7, 11) is 0. The van der Waals surface area contributed by atoms with Gasteiger partial charge in [0.25, 0.3) is 0 Å². The number of rotatable bonds is 2. The highest BCUT2D eigenvalue weighted by atomic mass is 35.5. The molecule has 0 radical (unpaired) electrons. The van der Waals surface area contributed by atoms with Crippen molar-refractivity contribution >= 4 is 35.1 Å². The van der Waals surface area contributed by atoms with Gasteiger partial charge in [-0.05, 0) is 34.9 Å². The molecule has 0 saturated carbocycles. The predicted molar refractivity (Wildman–Crippen MR) is 121 cm³/mol. The van der Waals surface area contributed by atoms with Crippen LogP contribution in [-0.2, 0) is 4.79 Å². The highest BCUT2D eigenvalue weighted by molar-refractivity contribution is 6.42. The van der Waals surface area contributed by atoms with Crippen molar-refractivity contribution in [1.29, 1.82) is 10.5 Å². The summed E-state index contributed by atoms with van der Waals surface area (Å²) in [4.78, 5) is 15.6. The summed E-state index contributed by atoms with van der Waals surface area (Å²) in [6, 6.07) is 16.1. The van der Waals surface area contributed by atoms with Gasteiger partial charge >= 0.3 is 0 Å². The Bertz CT molecular complexity index is 1170. The first kappa shape index (κ1) is 21.4. The second-order valence-electron chi connectivity index (χ2n) is 9.10. The molecule has 3 atom stereocenters. The Morgan fingerprint density at radius 2 is 1.74 bits per heavy atom. The number of ketones is 1. The fourth-order valence-electron chi connectivity index (χ4n) is 4.82. The zero-order valence-electron chi connectivity index (χ0n) is 17.4. The summed E-state index contributed by atoms with van der Waals surface area (Å²) < 4.78 is 0. The molecule has 0 amide bonds. The molecule has 2 aliphatic heterocycles. The van der Waals surface area contributed by atoms with Crippen molar-refractivity contribution in [2.75, 3.05) is 0 Å². The van der Waals surface area contributed by atoms with E-state index in [1.807, 2.05) is 62.2 Å². The number of halogens is 2. The number of carbonyl (C=O) groups is 1. The van der Waals surface area contributed by atoms with Crippen LogP contribution in [0, 0.1) is 33.5 Å². The first-order chi connectivity index (χ1) is 14.7. The molecule has 0 N–H and O–H groups in total. The number of nitrogens with zero attached hydrogens (tertiary/aromatic N) is 3. The lowest BCUT2D eigenvalue weighted by Crippen LogP contribution is -2.43. The third-order valence-corrected chi connectivity index (χ3v) is 6.99. The van der Waals surface area contributed by atoms with E-state index in [-0.39, 0.29) is 5.78 Å². The van der Waals surface area contributed by atoms with Crippen molar-refractivity contribution in [3.05, 3.63) is 75.4 Å². The molecule has 0 aromatic heterocycles. The monoisotopic (exact) mass is 449 g/mol. The van der Waals surface area contributed by atoms with Crippen molar-refractivity contribution in [2.24, 2.45) is 10.8 Å². The molecule has 2 aromatic carbocycles. The van der Waals surface area contributed by atoms with Crippen LogP contribution in [0.4, 0.5) is 0 Å². The SMILES string of the molecule is CC(C)(C)C(=O)[C@@H]1[C@@H](c2ccc(Cl)c(Cl)c2)C(C#N)(C#N)[C@H]2c3ccccc3C=CN12. The molecule has 0 aliphatic carbocycles. The topological polar surface area (TPSA) is 67.9 Å². The maximum absolute atomic E-state index is 13.7. The van der Waals surface area contributed by atoms with Gasteiger partial charge in [-0.3, -0.25) is 4.79 Å². The summed E-state index contributed by atoms with van der Waals surface area (Å²) in [5.74, 6) is -0.741. The van der Waals surface area contributed by atoms with Crippen molar-refractivity contribution < 1.29 is 4.79 Å².